The minimum absolute atomic E-state index is 0.0352. The van der Waals surface area contributed by atoms with Gasteiger partial charge in [0.25, 0.3) is 0 Å². The van der Waals surface area contributed by atoms with E-state index in [1.165, 1.54) is 70.6 Å². The van der Waals surface area contributed by atoms with Crippen molar-refractivity contribution < 1.29 is 14.3 Å². The Kier molecular flexibility index (Phi) is 15.7. The monoisotopic (exact) mass is 404 g/mol. The van der Waals surface area contributed by atoms with Crippen LogP contribution in [0.15, 0.2) is 24.5 Å². The Morgan fingerprint density at radius 1 is 0.828 bits per heavy atom. The molecule has 5 nitrogen and oxygen atoms in total. The van der Waals surface area contributed by atoms with Gasteiger partial charge in [-0.15, -0.1) is 0 Å². The van der Waals surface area contributed by atoms with Crippen molar-refractivity contribution in [3.05, 3.63) is 30.1 Å². The lowest BCUT2D eigenvalue weighted by atomic mass is 10.0. The number of hydrogen-bond acceptors (Lipinski definition) is 4. The Labute approximate surface area is 177 Å². The van der Waals surface area contributed by atoms with E-state index in [4.69, 9.17) is 4.74 Å². The second-order valence-corrected chi connectivity index (χ2v) is 7.71. The van der Waals surface area contributed by atoms with Crippen molar-refractivity contribution in [1.29, 1.82) is 0 Å². The van der Waals surface area contributed by atoms with Crippen molar-refractivity contribution in [3.63, 3.8) is 0 Å². The van der Waals surface area contributed by atoms with Gasteiger partial charge in [0.15, 0.2) is 0 Å². The molecule has 0 bridgehead atoms. The molecule has 0 fully saturated rings. The fourth-order valence-corrected chi connectivity index (χ4v) is 3.30. The van der Waals surface area contributed by atoms with Gasteiger partial charge < -0.3 is 10.1 Å². The van der Waals surface area contributed by atoms with Gasteiger partial charge in [0.2, 0.25) is 5.91 Å². The zero-order valence-electron chi connectivity index (χ0n) is 18.3. The van der Waals surface area contributed by atoms with Crippen molar-refractivity contribution >= 4 is 11.9 Å². The minimum Gasteiger partial charge on any atom is -0.460 e. The van der Waals surface area contributed by atoms with Gasteiger partial charge in [-0.3, -0.25) is 9.78 Å². The van der Waals surface area contributed by atoms with E-state index < -0.39 is 5.97 Å². The molecule has 164 valence electrons. The van der Waals surface area contributed by atoms with Gasteiger partial charge in [0.05, 0.1) is 12.1 Å². The van der Waals surface area contributed by atoms with Gasteiger partial charge in [-0.2, -0.15) is 0 Å². The van der Waals surface area contributed by atoms with Crippen LogP contribution in [-0.4, -0.2) is 30.0 Å². The molecule has 0 saturated heterocycles. The van der Waals surface area contributed by atoms with Crippen LogP contribution in [0.3, 0.4) is 0 Å². The lowest BCUT2D eigenvalue weighted by Gasteiger charge is -2.07. The summed E-state index contributed by atoms with van der Waals surface area (Å²) in [6.45, 7) is 2.80. The van der Waals surface area contributed by atoms with Crippen LogP contribution in [-0.2, 0) is 9.53 Å². The largest absolute Gasteiger partial charge is 0.460 e. The molecule has 0 unspecified atom stereocenters. The van der Waals surface area contributed by atoms with E-state index in [9.17, 15) is 9.59 Å². The highest BCUT2D eigenvalue weighted by atomic mass is 16.5. The summed E-state index contributed by atoms with van der Waals surface area (Å²) < 4.78 is 5.12. The quantitative estimate of drug-likeness (QED) is 0.247. The van der Waals surface area contributed by atoms with E-state index >= 15 is 0 Å². The van der Waals surface area contributed by atoms with E-state index in [2.05, 4.69) is 17.2 Å². The number of hydrogen-bond donors (Lipinski definition) is 1. The van der Waals surface area contributed by atoms with Crippen molar-refractivity contribution in [2.45, 2.75) is 96.8 Å². The van der Waals surface area contributed by atoms with Crippen LogP contribution in [0.4, 0.5) is 0 Å². The molecule has 1 aromatic rings. The summed E-state index contributed by atoms with van der Waals surface area (Å²) in [5.74, 6) is -0.355. The maximum Gasteiger partial charge on any atom is 0.338 e. The SMILES string of the molecule is CCCCCCCCCCCCCCCC(=O)NCCOC(=O)c1ccncc1. The molecule has 29 heavy (non-hydrogen) atoms. The number of aromatic nitrogens is 1. The van der Waals surface area contributed by atoms with Crippen LogP contribution in [0.5, 0.6) is 0 Å². The number of esters is 1. The number of unbranched alkanes of at least 4 members (excludes halogenated alkanes) is 12. The molecule has 0 aliphatic rings. The topological polar surface area (TPSA) is 68.3 Å². The second-order valence-electron chi connectivity index (χ2n) is 7.71. The third kappa shape index (κ3) is 14.7. The highest BCUT2D eigenvalue weighted by molar-refractivity contribution is 5.89. The Morgan fingerprint density at radius 3 is 1.90 bits per heavy atom. The number of carbonyl (C=O) groups is 2. The Morgan fingerprint density at radius 2 is 1.34 bits per heavy atom. The van der Waals surface area contributed by atoms with Crippen LogP contribution in [0, 0.1) is 0 Å². The first-order chi connectivity index (χ1) is 14.2. The van der Waals surface area contributed by atoms with E-state index in [1.807, 2.05) is 0 Å². The first kappa shape index (κ1) is 25.1. The second kappa shape index (κ2) is 18.1. The van der Waals surface area contributed by atoms with Gasteiger partial charge in [0.1, 0.15) is 6.61 Å². The van der Waals surface area contributed by atoms with Crippen molar-refractivity contribution in [2.75, 3.05) is 13.2 Å². The Bertz CT molecular complexity index is 534. The fraction of sp³-hybridized carbons (Fsp3) is 0.708. The van der Waals surface area contributed by atoms with Crippen LogP contribution in [0.1, 0.15) is 107 Å². The van der Waals surface area contributed by atoms with E-state index in [0.717, 1.165) is 12.8 Å². The number of pyridine rings is 1. The molecular weight excluding hydrogens is 364 g/mol. The van der Waals surface area contributed by atoms with Gasteiger partial charge in [-0.25, -0.2) is 4.79 Å². The number of nitrogens with one attached hydrogen (secondary N) is 1. The molecule has 0 radical (unpaired) electrons. The zero-order chi connectivity index (χ0) is 21.0. The summed E-state index contributed by atoms with van der Waals surface area (Å²) in [7, 11) is 0. The summed E-state index contributed by atoms with van der Waals surface area (Å²) in [4.78, 5) is 27.4. The van der Waals surface area contributed by atoms with Crippen molar-refractivity contribution in [1.82, 2.24) is 10.3 Å². The molecule has 0 atom stereocenters. The molecule has 1 rings (SSSR count). The molecular formula is C24H40N2O3. The molecule has 0 aliphatic heterocycles. The molecule has 0 spiro atoms. The van der Waals surface area contributed by atoms with Gasteiger partial charge in [-0.1, -0.05) is 84.0 Å². The van der Waals surface area contributed by atoms with Gasteiger partial charge in [-0.05, 0) is 18.6 Å². The summed E-state index contributed by atoms with van der Waals surface area (Å²) >= 11 is 0. The summed E-state index contributed by atoms with van der Waals surface area (Å²) in [6.07, 6.45) is 20.6. The average molecular weight is 405 g/mol. The standard InChI is InChI=1S/C24H40N2O3/c1-2-3-4-5-6-7-8-9-10-11-12-13-14-15-23(27)26-20-21-29-24(28)22-16-18-25-19-17-22/h16-19H,2-15,20-21H2,1H3,(H,26,27). The summed E-state index contributed by atoms with van der Waals surface area (Å²) in [5, 5.41) is 2.80. The summed E-state index contributed by atoms with van der Waals surface area (Å²) in [5.41, 5.74) is 0.471. The first-order valence-electron chi connectivity index (χ1n) is 11.6. The fourth-order valence-electron chi connectivity index (χ4n) is 3.30. The highest BCUT2D eigenvalue weighted by Gasteiger charge is 2.06. The molecule has 1 heterocycles. The minimum atomic E-state index is -0.391. The molecule has 1 amide bonds. The first-order valence-corrected chi connectivity index (χ1v) is 11.6. The van der Waals surface area contributed by atoms with E-state index in [0.29, 0.717) is 18.5 Å². The zero-order valence-corrected chi connectivity index (χ0v) is 18.3. The maximum absolute atomic E-state index is 11.8. The number of amides is 1. The van der Waals surface area contributed by atoms with Crippen molar-refractivity contribution in [2.24, 2.45) is 0 Å². The lowest BCUT2D eigenvalue weighted by Crippen LogP contribution is -2.27. The number of ether oxygens (including phenoxy) is 1. The molecule has 0 saturated carbocycles. The smallest absolute Gasteiger partial charge is 0.338 e. The Balaban J connectivity index is 1.83. The predicted molar refractivity (Wildman–Crippen MR) is 118 cm³/mol. The molecule has 0 aliphatic carbocycles. The molecule has 1 N–H and O–H groups in total. The number of nitrogens with zero attached hydrogens (tertiary/aromatic N) is 1. The van der Waals surface area contributed by atoms with E-state index in [-0.39, 0.29) is 12.5 Å². The molecule has 1 aromatic heterocycles. The molecule has 5 heteroatoms. The van der Waals surface area contributed by atoms with Gasteiger partial charge >= 0.3 is 5.97 Å². The normalized spacial score (nSPS) is 10.7. The highest BCUT2D eigenvalue weighted by Crippen LogP contribution is 2.12. The number of rotatable bonds is 18. The van der Waals surface area contributed by atoms with Crippen LogP contribution >= 0.6 is 0 Å². The van der Waals surface area contributed by atoms with E-state index in [1.54, 1.807) is 24.5 Å². The van der Waals surface area contributed by atoms with Crippen LogP contribution in [0.2, 0.25) is 0 Å². The molecule has 0 aromatic carbocycles. The predicted octanol–water partition coefficient (Wildman–Crippen LogP) is 5.84. The van der Waals surface area contributed by atoms with Crippen LogP contribution < -0.4 is 5.32 Å². The summed E-state index contributed by atoms with van der Waals surface area (Å²) in [6, 6.07) is 3.21. The van der Waals surface area contributed by atoms with Crippen LogP contribution in [0.25, 0.3) is 0 Å². The maximum atomic E-state index is 11.8. The lowest BCUT2D eigenvalue weighted by molar-refractivity contribution is -0.121. The third-order valence-corrected chi connectivity index (χ3v) is 5.08. The average Bonchev–Trinajstić information content (AvgIpc) is 2.75. The van der Waals surface area contributed by atoms with Crippen molar-refractivity contribution in [3.8, 4) is 0 Å². The Hall–Kier alpha value is -1.91. The number of carbonyl (C=O) groups excluding carboxylic acids is 2. The third-order valence-electron chi connectivity index (χ3n) is 5.08. The van der Waals surface area contributed by atoms with Gasteiger partial charge in [0, 0.05) is 18.8 Å².